The van der Waals surface area contributed by atoms with Crippen LogP contribution in [0.2, 0.25) is 5.02 Å². The van der Waals surface area contributed by atoms with Crippen molar-refractivity contribution in [1.29, 1.82) is 0 Å². The van der Waals surface area contributed by atoms with Crippen LogP contribution in [-0.2, 0) is 4.74 Å². The van der Waals surface area contributed by atoms with Crippen LogP contribution in [0.15, 0.2) is 18.2 Å². The zero-order chi connectivity index (χ0) is 15.5. The highest BCUT2D eigenvalue weighted by Gasteiger charge is 2.21. The Hall–Kier alpha value is -1.26. The van der Waals surface area contributed by atoms with E-state index >= 15 is 0 Å². The van der Waals surface area contributed by atoms with Crippen LogP contribution in [0, 0.1) is 0 Å². The topological polar surface area (TPSA) is 50.4 Å². The predicted octanol–water partition coefficient (Wildman–Crippen LogP) is 4.50. The van der Waals surface area contributed by atoms with Gasteiger partial charge in [0.25, 0.3) is 0 Å². The van der Waals surface area contributed by atoms with Crippen molar-refractivity contribution in [3.05, 3.63) is 28.8 Å². The Morgan fingerprint density at radius 3 is 2.76 bits per heavy atom. The number of hydrogen-bond donors (Lipinski definition) is 2. The molecule has 1 amide bonds. The summed E-state index contributed by atoms with van der Waals surface area (Å²) in [4.78, 5) is 12.0. The first kappa shape index (κ1) is 16.1. The van der Waals surface area contributed by atoms with E-state index in [2.05, 4.69) is 10.6 Å². The minimum atomic E-state index is -0.514. The molecule has 1 aliphatic heterocycles. The van der Waals surface area contributed by atoms with Gasteiger partial charge in [0.15, 0.2) is 0 Å². The molecule has 4 nitrogen and oxygen atoms in total. The van der Waals surface area contributed by atoms with Crippen LogP contribution >= 0.6 is 11.6 Å². The van der Waals surface area contributed by atoms with Gasteiger partial charge >= 0.3 is 6.09 Å². The van der Waals surface area contributed by atoms with Crippen molar-refractivity contribution in [3.63, 3.8) is 0 Å². The van der Waals surface area contributed by atoms with Crippen LogP contribution in [-0.4, -0.2) is 18.2 Å². The Bertz CT molecular complexity index is 505. The smallest absolute Gasteiger partial charge is 0.412 e. The number of carbonyl (C=O) groups excluding carboxylic acids is 1. The van der Waals surface area contributed by atoms with Gasteiger partial charge in [0.05, 0.1) is 0 Å². The fourth-order valence-electron chi connectivity index (χ4n) is 2.47. The predicted molar refractivity (Wildman–Crippen MR) is 85.9 cm³/mol. The van der Waals surface area contributed by atoms with Crippen LogP contribution < -0.4 is 10.6 Å². The van der Waals surface area contributed by atoms with Gasteiger partial charge in [-0.05, 0) is 63.9 Å². The second-order valence-corrected chi connectivity index (χ2v) is 6.80. The average Bonchev–Trinajstić information content (AvgIpc) is 2.40. The highest BCUT2D eigenvalue weighted by Crippen LogP contribution is 2.31. The quantitative estimate of drug-likeness (QED) is 0.845. The molecule has 1 aromatic carbocycles. The minimum absolute atomic E-state index is 0.224. The summed E-state index contributed by atoms with van der Waals surface area (Å²) in [7, 11) is 0. The van der Waals surface area contributed by atoms with Gasteiger partial charge in [-0.15, -0.1) is 0 Å². The third-order valence-electron chi connectivity index (χ3n) is 3.33. The number of nitrogens with one attached hydrogen (secondary N) is 2. The Kier molecular flexibility index (Phi) is 5.12. The first-order valence-corrected chi connectivity index (χ1v) is 7.76. The first-order valence-electron chi connectivity index (χ1n) is 7.38. The Morgan fingerprint density at radius 2 is 2.14 bits per heavy atom. The van der Waals surface area contributed by atoms with Gasteiger partial charge in [0.2, 0.25) is 0 Å². The molecule has 0 saturated carbocycles. The number of benzene rings is 1. The molecule has 1 saturated heterocycles. The third-order valence-corrected chi connectivity index (χ3v) is 3.57. The van der Waals surface area contributed by atoms with E-state index in [0.717, 1.165) is 24.2 Å². The molecule has 1 aliphatic rings. The number of amides is 1. The van der Waals surface area contributed by atoms with Crippen molar-refractivity contribution in [2.45, 2.75) is 51.7 Å². The van der Waals surface area contributed by atoms with Gasteiger partial charge in [-0.25, -0.2) is 4.79 Å². The molecule has 2 N–H and O–H groups in total. The summed E-state index contributed by atoms with van der Waals surface area (Å²) in [6.45, 7) is 6.52. The zero-order valence-corrected chi connectivity index (χ0v) is 13.6. The molecule has 1 fully saturated rings. The van der Waals surface area contributed by atoms with Crippen molar-refractivity contribution in [2.75, 3.05) is 11.9 Å². The molecule has 2 rings (SSSR count). The molecule has 0 radical (unpaired) electrons. The van der Waals surface area contributed by atoms with Crippen LogP contribution in [0.4, 0.5) is 10.5 Å². The third kappa shape index (κ3) is 4.90. The molecule has 0 spiro atoms. The van der Waals surface area contributed by atoms with E-state index in [0.29, 0.717) is 5.02 Å². The van der Waals surface area contributed by atoms with E-state index in [-0.39, 0.29) is 6.04 Å². The molecule has 1 atom stereocenters. The maximum Gasteiger partial charge on any atom is 0.412 e. The van der Waals surface area contributed by atoms with Gasteiger partial charge in [0.1, 0.15) is 5.60 Å². The molecule has 5 heteroatoms. The van der Waals surface area contributed by atoms with E-state index in [9.17, 15) is 4.79 Å². The summed E-state index contributed by atoms with van der Waals surface area (Å²) >= 11 is 6.11. The van der Waals surface area contributed by atoms with E-state index < -0.39 is 11.7 Å². The molecule has 116 valence electrons. The van der Waals surface area contributed by atoms with E-state index in [1.807, 2.05) is 32.9 Å². The fourth-order valence-corrected chi connectivity index (χ4v) is 2.65. The zero-order valence-electron chi connectivity index (χ0n) is 12.8. The molecule has 21 heavy (non-hydrogen) atoms. The molecule has 1 heterocycles. The van der Waals surface area contributed by atoms with Crippen molar-refractivity contribution >= 4 is 23.4 Å². The minimum Gasteiger partial charge on any atom is -0.444 e. The van der Waals surface area contributed by atoms with Gasteiger partial charge in [0, 0.05) is 16.8 Å². The lowest BCUT2D eigenvalue weighted by Gasteiger charge is -2.26. The summed E-state index contributed by atoms with van der Waals surface area (Å²) in [5, 5.41) is 6.98. The van der Waals surface area contributed by atoms with Crippen molar-refractivity contribution in [3.8, 4) is 0 Å². The van der Waals surface area contributed by atoms with Crippen LogP contribution in [0.25, 0.3) is 0 Å². The molecular formula is C16H23ClN2O2. The normalized spacial score (nSPS) is 19.1. The molecule has 1 unspecified atom stereocenters. The molecule has 1 aromatic rings. The van der Waals surface area contributed by atoms with Crippen molar-refractivity contribution < 1.29 is 9.53 Å². The number of halogens is 1. The van der Waals surface area contributed by atoms with Gasteiger partial charge in [-0.3, -0.25) is 5.32 Å². The number of piperidine rings is 1. The highest BCUT2D eigenvalue weighted by atomic mass is 35.5. The lowest BCUT2D eigenvalue weighted by molar-refractivity contribution is 0.0635. The summed E-state index contributed by atoms with van der Waals surface area (Å²) in [6, 6.07) is 5.75. The Balaban J connectivity index is 2.16. The molecule has 0 bridgehead atoms. The highest BCUT2D eigenvalue weighted by molar-refractivity contribution is 6.30. The van der Waals surface area contributed by atoms with Crippen LogP contribution in [0.1, 0.15) is 51.6 Å². The monoisotopic (exact) mass is 310 g/mol. The van der Waals surface area contributed by atoms with Crippen molar-refractivity contribution in [1.82, 2.24) is 5.32 Å². The van der Waals surface area contributed by atoms with Crippen molar-refractivity contribution in [2.24, 2.45) is 0 Å². The van der Waals surface area contributed by atoms with E-state index in [1.165, 1.54) is 12.8 Å². The van der Waals surface area contributed by atoms with E-state index in [4.69, 9.17) is 16.3 Å². The second kappa shape index (κ2) is 6.67. The Morgan fingerprint density at radius 1 is 1.38 bits per heavy atom. The van der Waals surface area contributed by atoms with Crippen LogP contribution in [0.5, 0.6) is 0 Å². The molecule has 0 aliphatic carbocycles. The fraction of sp³-hybridized carbons (Fsp3) is 0.562. The summed E-state index contributed by atoms with van der Waals surface area (Å²) in [5.74, 6) is 0. The summed E-state index contributed by atoms with van der Waals surface area (Å²) in [6.07, 6.45) is 2.97. The number of hydrogen-bond acceptors (Lipinski definition) is 3. The average molecular weight is 311 g/mol. The standard InChI is InChI=1S/C16H23ClN2O2/c1-16(2,3)21-15(20)19-14-8-7-11(17)10-12(14)13-6-4-5-9-18-13/h7-8,10,13,18H,4-6,9H2,1-3H3,(H,19,20). The van der Waals surface area contributed by atoms with Crippen LogP contribution in [0.3, 0.4) is 0 Å². The number of anilines is 1. The maximum atomic E-state index is 12.0. The first-order chi connectivity index (χ1) is 9.85. The maximum absolute atomic E-state index is 12.0. The van der Waals surface area contributed by atoms with Gasteiger partial charge in [-0.1, -0.05) is 18.0 Å². The number of ether oxygens (including phenoxy) is 1. The SMILES string of the molecule is CC(C)(C)OC(=O)Nc1ccc(Cl)cc1C1CCCCN1. The van der Waals surface area contributed by atoms with Gasteiger partial charge < -0.3 is 10.1 Å². The van der Waals surface area contributed by atoms with Gasteiger partial charge in [-0.2, -0.15) is 0 Å². The largest absolute Gasteiger partial charge is 0.444 e. The van der Waals surface area contributed by atoms with E-state index in [1.54, 1.807) is 6.07 Å². The lowest BCUT2D eigenvalue weighted by atomic mass is 9.96. The number of carbonyl (C=O) groups is 1. The second-order valence-electron chi connectivity index (χ2n) is 6.36. The summed E-state index contributed by atoms with van der Waals surface area (Å²) < 4.78 is 5.31. The Labute approximate surface area is 131 Å². The molecule has 0 aromatic heterocycles. The summed E-state index contributed by atoms with van der Waals surface area (Å²) in [5.41, 5.74) is 1.26. The lowest BCUT2D eigenvalue weighted by Crippen LogP contribution is -2.30. The molecular weight excluding hydrogens is 288 g/mol. The number of rotatable bonds is 2.